The van der Waals surface area contributed by atoms with Gasteiger partial charge in [0.2, 0.25) is 5.66 Å². The SMILES string of the molecule is CCCc1nc(C(C)(C)O)c(C(=O)O)n1Cc1ccc(-c2ccccc2C2(C(c3ccccc3)(c3ccccc3)c3ccccc3)N=NN=N2)cc1. The molecule has 0 aliphatic carbocycles. The topological polar surface area (TPSA) is 125 Å². The molecule has 2 N–H and O–H groups in total. The van der Waals surface area contributed by atoms with Crippen LogP contribution < -0.4 is 0 Å². The summed E-state index contributed by atoms with van der Waals surface area (Å²) in [6.07, 6.45) is 1.36. The van der Waals surface area contributed by atoms with E-state index in [1.165, 1.54) is 0 Å². The highest BCUT2D eigenvalue weighted by Gasteiger charge is 2.60. The predicted molar refractivity (Wildman–Crippen MR) is 200 cm³/mol. The number of aromatic nitrogens is 2. The molecule has 0 unspecified atom stereocenters. The highest BCUT2D eigenvalue weighted by atomic mass is 16.4. The smallest absolute Gasteiger partial charge is 0.354 e. The molecular formula is C43H40N6O3. The maximum absolute atomic E-state index is 12.5. The highest BCUT2D eigenvalue weighted by molar-refractivity contribution is 5.87. The molecule has 2 heterocycles. The lowest BCUT2D eigenvalue weighted by Crippen LogP contribution is -2.48. The second-order valence-corrected chi connectivity index (χ2v) is 13.6. The lowest BCUT2D eigenvalue weighted by Gasteiger charge is -2.45. The van der Waals surface area contributed by atoms with Crippen molar-refractivity contribution in [1.29, 1.82) is 0 Å². The van der Waals surface area contributed by atoms with Crippen molar-refractivity contribution in [2.45, 2.75) is 56.8 Å². The van der Waals surface area contributed by atoms with Crippen LogP contribution in [0.5, 0.6) is 0 Å². The number of nitrogens with zero attached hydrogens (tertiary/aromatic N) is 6. The third-order valence-electron chi connectivity index (χ3n) is 9.77. The lowest BCUT2D eigenvalue weighted by molar-refractivity contribution is 0.0602. The molecular weight excluding hydrogens is 649 g/mol. The Morgan fingerprint density at radius 3 is 1.69 bits per heavy atom. The molecule has 0 radical (unpaired) electrons. The molecule has 1 aliphatic heterocycles. The van der Waals surface area contributed by atoms with Gasteiger partial charge in [0.05, 0.1) is 5.41 Å². The number of carbonyl (C=O) groups is 1. The average molecular weight is 689 g/mol. The monoisotopic (exact) mass is 688 g/mol. The van der Waals surface area contributed by atoms with E-state index < -0.39 is 22.6 Å². The average Bonchev–Trinajstić information content (AvgIpc) is 3.81. The number of benzene rings is 5. The summed E-state index contributed by atoms with van der Waals surface area (Å²) in [4.78, 5) is 17.1. The van der Waals surface area contributed by atoms with Crippen molar-refractivity contribution in [2.75, 3.05) is 0 Å². The first kappa shape index (κ1) is 34.4. The Morgan fingerprint density at radius 2 is 1.21 bits per heavy atom. The zero-order valence-corrected chi connectivity index (χ0v) is 29.4. The Morgan fingerprint density at radius 1 is 0.712 bits per heavy atom. The van der Waals surface area contributed by atoms with E-state index in [1.807, 2.05) is 97.9 Å². The van der Waals surface area contributed by atoms with E-state index in [9.17, 15) is 15.0 Å². The number of hydrogen-bond acceptors (Lipinski definition) is 7. The molecule has 1 aromatic heterocycles. The summed E-state index contributed by atoms with van der Waals surface area (Å²) < 4.78 is 1.71. The van der Waals surface area contributed by atoms with Crippen LogP contribution in [0, 0.1) is 0 Å². The molecule has 1 aliphatic rings. The van der Waals surface area contributed by atoms with Crippen molar-refractivity contribution >= 4 is 5.97 Å². The molecule has 6 aromatic rings. The molecule has 0 amide bonds. The van der Waals surface area contributed by atoms with Gasteiger partial charge in [-0.05, 0) is 64.1 Å². The molecule has 0 saturated carbocycles. The summed E-state index contributed by atoms with van der Waals surface area (Å²) in [7, 11) is 0. The number of aromatic carboxylic acids is 1. The Hall–Kier alpha value is -6.06. The molecule has 7 rings (SSSR count). The first-order valence-electron chi connectivity index (χ1n) is 17.5. The summed E-state index contributed by atoms with van der Waals surface area (Å²) in [6, 6.07) is 47.0. The van der Waals surface area contributed by atoms with Crippen LogP contribution in [0.1, 0.15) is 77.0 Å². The van der Waals surface area contributed by atoms with Gasteiger partial charge < -0.3 is 14.8 Å². The fourth-order valence-corrected chi connectivity index (χ4v) is 7.56. The molecule has 0 fully saturated rings. The summed E-state index contributed by atoms with van der Waals surface area (Å²) >= 11 is 0. The van der Waals surface area contributed by atoms with Gasteiger partial charge in [0.15, 0.2) is 5.69 Å². The standard InChI is InChI=1S/C43H40N6O3/c1-4-16-37-44-39(41(2,3)52)38(40(50)51)49(37)29-30-25-27-31(28-26-30)35-23-14-15-24-36(35)43(45-47-48-46-43)42(32-17-8-5-9-18-32,33-19-10-6-11-20-33)34-21-12-7-13-22-34/h5-15,17-28,52H,4,16,29H2,1-3H3,(H,50,51). The fourth-order valence-electron chi connectivity index (χ4n) is 7.56. The van der Waals surface area contributed by atoms with Gasteiger partial charge in [0, 0.05) is 18.5 Å². The van der Waals surface area contributed by atoms with Gasteiger partial charge in [-0.25, -0.2) is 9.78 Å². The van der Waals surface area contributed by atoms with E-state index in [-0.39, 0.29) is 17.9 Å². The number of rotatable bonds is 12. The maximum Gasteiger partial charge on any atom is 0.354 e. The van der Waals surface area contributed by atoms with Gasteiger partial charge >= 0.3 is 5.97 Å². The summed E-state index contributed by atoms with van der Waals surface area (Å²) in [5.41, 5.74) is 2.96. The molecule has 260 valence electrons. The third-order valence-corrected chi connectivity index (χ3v) is 9.77. The Kier molecular flexibility index (Phi) is 9.21. The van der Waals surface area contributed by atoms with Gasteiger partial charge in [-0.2, -0.15) is 0 Å². The molecule has 0 atom stereocenters. The zero-order chi connectivity index (χ0) is 36.3. The van der Waals surface area contributed by atoms with Crippen LogP contribution in [0.3, 0.4) is 0 Å². The van der Waals surface area contributed by atoms with Crippen molar-refractivity contribution in [2.24, 2.45) is 20.7 Å². The van der Waals surface area contributed by atoms with Crippen molar-refractivity contribution in [1.82, 2.24) is 9.55 Å². The van der Waals surface area contributed by atoms with E-state index in [4.69, 9.17) is 10.2 Å². The summed E-state index contributed by atoms with van der Waals surface area (Å²) in [6.45, 7) is 5.43. The van der Waals surface area contributed by atoms with Crippen molar-refractivity contribution in [3.05, 3.63) is 185 Å². The fraction of sp³-hybridized carbons (Fsp3) is 0.209. The zero-order valence-electron chi connectivity index (χ0n) is 29.4. The second-order valence-electron chi connectivity index (χ2n) is 13.6. The molecule has 9 heteroatoms. The Bertz CT molecular complexity index is 2130. The molecule has 0 spiro atoms. The number of hydrogen-bond donors (Lipinski definition) is 2. The number of carboxylic acid groups (broad SMARTS) is 1. The van der Waals surface area contributed by atoms with Crippen LogP contribution in [-0.4, -0.2) is 25.7 Å². The van der Waals surface area contributed by atoms with E-state index in [2.05, 4.69) is 64.0 Å². The number of carboxylic acids is 1. The van der Waals surface area contributed by atoms with Gasteiger partial charge in [0.25, 0.3) is 0 Å². The first-order chi connectivity index (χ1) is 25.2. The minimum Gasteiger partial charge on any atom is -0.477 e. The van der Waals surface area contributed by atoms with Gasteiger partial charge in [0.1, 0.15) is 17.1 Å². The van der Waals surface area contributed by atoms with Crippen molar-refractivity contribution < 1.29 is 15.0 Å². The lowest BCUT2D eigenvalue weighted by atomic mass is 9.59. The van der Waals surface area contributed by atoms with Crippen molar-refractivity contribution in [3.8, 4) is 11.1 Å². The largest absolute Gasteiger partial charge is 0.477 e. The van der Waals surface area contributed by atoms with E-state index in [0.29, 0.717) is 12.2 Å². The van der Waals surface area contributed by atoms with Crippen LogP contribution >= 0.6 is 0 Å². The minimum absolute atomic E-state index is 0.00310. The third kappa shape index (κ3) is 5.82. The van der Waals surface area contributed by atoms with Crippen LogP contribution in [-0.2, 0) is 29.6 Å². The van der Waals surface area contributed by atoms with Gasteiger partial charge in [-0.1, -0.05) is 146 Å². The Labute approximate surface area is 303 Å². The van der Waals surface area contributed by atoms with Crippen LogP contribution in [0.25, 0.3) is 11.1 Å². The normalized spacial score (nSPS) is 13.8. The van der Waals surface area contributed by atoms with E-state index in [1.54, 1.807) is 18.4 Å². The summed E-state index contributed by atoms with van der Waals surface area (Å²) in [5.74, 6) is -0.495. The predicted octanol–water partition coefficient (Wildman–Crippen LogP) is 9.50. The van der Waals surface area contributed by atoms with Gasteiger partial charge in [-0.15, -0.1) is 10.2 Å². The van der Waals surface area contributed by atoms with Gasteiger partial charge in [-0.3, -0.25) is 0 Å². The van der Waals surface area contributed by atoms with E-state index in [0.717, 1.165) is 45.4 Å². The quantitative estimate of drug-likeness (QED) is 0.124. The number of aliphatic hydroxyl groups is 1. The molecule has 9 nitrogen and oxygen atoms in total. The van der Waals surface area contributed by atoms with Crippen LogP contribution in [0.4, 0.5) is 0 Å². The Balaban J connectivity index is 1.39. The van der Waals surface area contributed by atoms with Crippen LogP contribution in [0.15, 0.2) is 160 Å². The van der Waals surface area contributed by atoms with Crippen molar-refractivity contribution in [3.63, 3.8) is 0 Å². The maximum atomic E-state index is 12.5. The number of aryl methyl sites for hydroxylation is 1. The second kappa shape index (κ2) is 13.9. The van der Waals surface area contributed by atoms with E-state index >= 15 is 0 Å². The molecule has 5 aromatic carbocycles. The number of imidazole rings is 1. The molecule has 52 heavy (non-hydrogen) atoms. The first-order valence-corrected chi connectivity index (χ1v) is 17.5. The highest BCUT2D eigenvalue weighted by Crippen LogP contribution is 2.58. The van der Waals surface area contributed by atoms with Crippen LogP contribution in [0.2, 0.25) is 0 Å². The molecule has 0 bridgehead atoms. The summed E-state index contributed by atoms with van der Waals surface area (Å²) in [5, 5.41) is 39.4. The molecule has 0 saturated heterocycles. The minimum atomic E-state index is -1.41.